The number of carbonyl (C=O) groups excluding carboxylic acids is 3. The van der Waals surface area contributed by atoms with Gasteiger partial charge in [0.05, 0.1) is 23.9 Å². The van der Waals surface area contributed by atoms with Gasteiger partial charge in [-0.1, -0.05) is 57.5 Å². The predicted octanol–water partition coefficient (Wildman–Crippen LogP) is 3.71. The molecule has 2 aliphatic rings. The summed E-state index contributed by atoms with van der Waals surface area (Å²) in [4.78, 5) is 42.9. The van der Waals surface area contributed by atoms with E-state index < -0.39 is 12.1 Å². The zero-order valence-electron chi connectivity index (χ0n) is 19.4. The molecule has 2 heterocycles. The highest BCUT2D eigenvalue weighted by Gasteiger charge is 2.47. The number of urea groups is 1. The molecule has 0 radical (unpaired) electrons. The Bertz CT molecular complexity index is 928. The first-order valence-electron chi connectivity index (χ1n) is 11.3. The predicted molar refractivity (Wildman–Crippen MR) is 125 cm³/mol. The summed E-state index contributed by atoms with van der Waals surface area (Å²) in [6.07, 6.45) is 0.542. The van der Waals surface area contributed by atoms with E-state index in [2.05, 4.69) is 10.6 Å². The van der Waals surface area contributed by atoms with E-state index in [4.69, 9.17) is 11.6 Å². The molecule has 2 atom stereocenters. The van der Waals surface area contributed by atoms with E-state index >= 15 is 0 Å². The van der Waals surface area contributed by atoms with Crippen molar-refractivity contribution in [1.82, 2.24) is 20.4 Å². The second-order valence-electron chi connectivity index (χ2n) is 9.23. The van der Waals surface area contributed by atoms with Gasteiger partial charge in [0.2, 0.25) is 5.91 Å². The van der Waals surface area contributed by atoms with Crippen molar-refractivity contribution in [3.05, 3.63) is 46.1 Å². The topological polar surface area (TPSA) is 81.8 Å². The molecule has 1 aromatic rings. The van der Waals surface area contributed by atoms with Crippen molar-refractivity contribution in [3.63, 3.8) is 0 Å². The summed E-state index contributed by atoms with van der Waals surface area (Å²) in [5.41, 5.74) is 1.81. The molecule has 0 aromatic heterocycles. The fourth-order valence-electron chi connectivity index (χ4n) is 4.29. The van der Waals surface area contributed by atoms with Gasteiger partial charge < -0.3 is 15.5 Å². The van der Waals surface area contributed by atoms with E-state index in [0.29, 0.717) is 47.3 Å². The fourth-order valence-corrected chi connectivity index (χ4v) is 4.53. The number of hydrogen-bond acceptors (Lipinski definition) is 3. The highest BCUT2D eigenvalue weighted by molar-refractivity contribution is 6.31. The molecule has 3 rings (SSSR count). The smallest absolute Gasteiger partial charge is 0.322 e. The third-order valence-corrected chi connectivity index (χ3v) is 6.18. The first-order valence-corrected chi connectivity index (χ1v) is 11.7. The van der Waals surface area contributed by atoms with Gasteiger partial charge in [0.1, 0.15) is 6.04 Å². The van der Waals surface area contributed by atoms with Crippen molar-refractivity contribution in [2.24, 2.45) is 11.8 Å². The molecule has 32 heavy (non-hydrogen) atoms. The van der Waals surface area contributed by atoms with Crippen molar-refractivity contribution in [2.75, 3.05) is 19.6 Å². The minimum absolute atomic E-state index is 0.155. The van der Waals surface area contributed by atoms with Crippen molar-refractivity contribution in [1.29, 1.82) is 0 Å². The van der Waals surface area contributed by atoms with Crippen LogP contribution in [-0.4, -0.2) is 53.3 Å². The number of rotatable bonds is 8. The Morgan fingerprint density at radius 2 is 1.88 bits per heavy atom. The SMILES string of the molecule is CCN1C(=O)N[C@@H](c2ccccc2Cl)C2=C1CN([C@H](CC(C)C)C(=O)NCC(C)C)C2=O. The van der Waals surface area contributed by atoms with Crippen LogP contribution in [0.4, 0.5) is 4.79 Å². The van der Waals surface area contributed by atoms with Crippen LogP contribution in [-0.2, 0) is 9.59 Å². The van der Waals surface area contributed by atoms with Gasteiger partial charge in [-0.3, -0.25) is 14.5 Å². The van der Waals surface area contributed by atoms with Gasteiger partial charge in [-0.05, 0) is 36.8 Å². The summed E-state index contributed by atoms with van der Waals surface area (Å²) in [6, 6.07) is 5.68. The number of amides is 4. The lowest BCUT2D eigenvalue weighted by Crippen LogP contribution is -2.50. The minimum Gasteiger partial charge on any atom is -0.354 e. The van der Waals surface area contributed by atoms with Gasteiger partial charge in [0, 0.05) is 18.1 Å². The summed E-state index contributed by atoms with van der Waals surface area (Å²) in [6.45, 7) is 11.2. The Hall–Kier alpha value is -2.54. The Kier molecular flexibility index (Phi) is 7.49. The zero-order chi connectivity index (χ0) is 23.6. The average molecular weight is 461 g/mol. The molecule has 0 bridgehead atoms. The van der Waals surface area contributed by atoms with Gasteiger partial charge in [-0.15, -0.1) is 0 Å². The molecule has 0 fully saturated rings. The molecule has 4 amide bonds. The number of carbonyl (C=O) groups is 3. The maximum absolute atomic E-state index is 13.7. The second kappa shape index (κ2) is 9.94. The standard InChI is InChI=1S/C24H33ClN4O3/c1-6-28-19-13-29(18(11-14(2)3)22(30)26-12-15(4)5)23(31)20(19)21(27-24(28)32)16-9-7-8-10-17(16)25/h7-10,14-15,18,21H,6,11-13H2,1-5H3,(H,26,30)(H,27,32)/t18-,21+/m1/s1. The molecule has 0 saturated carbocycles. The lowest BCUT2D eigenvalue weighted by molar-refractivity contribution is -0.137. The van der Waals surface area contributed by atoms with Crippen LogP contribution in [0.15, 0.2) is 35.5 Å². The summed E-state index contributed by atoms with van der Waals surface area (Å²) in [5.74, 6) is 0.142. The Balaban J connectivity index is 1.99. The van der Waals surface area contributed by atoms with Gasteiger partial charge in [0.25, 0.3) is 5.91 Å². The van der Waals surface area contributed by atoms with Crippen molar-refractivity contribution >= 4 is 29.4 Å². The molecule has 7 nitrogen and oxygen atoms in total. The van der Waals surface area contributed by atoms with E-state index in [1.54, 1.807) is 15.9 Å². The van der Waals surface area contributed by atoms with Crippen LogP contribution in [0.1, 0.15) is 52.6 Å². The van der Waals surface area contributed by atoms with Crippen molar-refractivity contribution < 1.29 is 14.4 Å². The van der Waals surface area contributed by atoms with Crippen LogP contribution < -0.4 is 10.6 Å². The quantitative estimate of drug-likeness (QED) is 0.620. The summed E-state index contributed by atoms with van der Waals surface area (Å²) in [5, 5.41) is 6.41. The molecule has 174 valence electrons. The average Bonchev–Trinajstić information content (AvgIpc) is 3.07. The monoisotopic (exact) mass is 460 g/mol. The molecule has 2 aliphatic heterocycles. The molecule has 0 spiro atoms. The van der Waals surface area contributed by atoms with E-state index in [-0.39, 0.29) is 30.3 Å². The molecule has 8 heteroatoms. The van der Waals surface area contributed by atoms with Crippen LogP contribution in [0.25, 0.3) is 0 Å². The van der Waals surface area contributed by atoms with Crippen LogP contribution in [0, 0.1) is 11.8 Å². The summed E-state index contributed by atoms with van der Waals surface area (Å²) in [7, 11) is 0. The Morgan fingerprint density at radius 1 is 1.19 bits per heavy atom. The van der Waals surface area contributed by atoms with E-state index in [1.165, 1.54) is 0 Å². The molecule has 0 aliphatic carbocycles. The maximum atomic E-state index is 13.7. The largest absolute Gasteiger partial charge is 0.354 e. The van der Waals surface area contributed by atoms with E-state index in [1.807, 2.05) is 52.8 Å². The van der Waals surface area contributed by atoms with Gasteiger partial charge in [-0.2, -0.15) is 0 Å². The summed E-state index contributed by atoms with van der Waals surface area (Å²) < 4.78 is 0. The highest BCUT2D eigenvalue weighted by Crippen LogP contribution is 2.39. The molecule has 0 unspecified atom stereocenters. The lowest BCUT2D eigenvalue weighted by Gasteiger charge is -2.33. The normalized spacial score (nSPS) is 19.6. The van der Waals surface area contributed by atoms with Crippen molar-refractivity contribution in [3.8, 4) is 0 Å². The molecular formula is C24H33ClN4O3. The first-order chi connectivity index (χ1) is 15.1. The minimum atomic E-state index is -0.648. The van der Waals surface area contributed by atoms with Gasteiger partial charge in [-0.25, -0.2) is 4.79 Å². The zero-order valence-corrected chi connectivity index (χ0v) is 20.2. The number of likely N-dealkylation sites (N-methyl/N-ethyl adjacent to an activating group) is 1. The van der Waals surface area contributed by atoms with E-state index in [9.17, 15) is 14.4 Å². The Morgan fingerprint density at radius 3 is 2.47 bits per heavy atom. The first kappa shape index (κ1) is 24.1. The number of hydrogen-bond donors (Lipinski definition) is 2. The molecular weight excluding hydrogens is 428 g/mol. The molecule has 0 saturated heterocycles. The van der Waals surface area contributed by atoms with Crippen LogP contribution in [0.5, 0.6) is 0 Å². The van der Waals surface area contributed by atoms with Gasteiger partial charge >= 0.3 is 6.03 Å². The Labute approximate surface area is 195 Å². The molecule has 1 aromatic carbocycles. The molecule has 2 N–H and O–H groups in total. The number of halogens is 1. The summed E-state index contributed by atoms with van der Waals surface area (Å²) >= 11 is 6.43. The number of nitrogens with zero attached hydrogens (tertiary/aromatic N) is 2. The third-order valence-electron chi connectivity index (χ3n) is 5.84. The van der Waals surface area contributed by atoms with Crippen LogP contribution >= 0.6 is 11.6 Å². The maximum Gasteiger partial charge on any atom is 0.322 e. The number of nitrogens with one attached hydrogen (secondary N) is 2. The third kappa shape index (κ3) is 4.77. The second-order valence-corrected chi connectivity index (χ2v) is 9.63. The van der Waals surface area contributed by atoms with E-state index in [0.717, 1.165) is 0 Å². The number of benzene rings is 1. The highest BCUT2D eigenvalue weighted by atomic mass is 35.5. The van der Waals surface area contributed by atoms with Gasteiger partial charge in [0.15, 0.2) is 0 Å². The van der Waals surface area contributed by atoms with Crippen molar-refractivity contribution in [2.45, 2.75) is 53.1 Å². The van der Waals surface area contributed by atoms with Crippen LogP contribution in [0.3, 0.4) is 0 Å². The van der Waals surface area contributed by atoms with Crippen LogP contribution in [0.2, 0.25) is 5.02 Å². The fraction of sp³-hybridized carbons (Fsp3) is 0.542. The lowest BCUT2D eigenvalue weighted by atomic mass is 9.95.